The topological polar surface area (TPSA) is 122 Å². The van der Waals surface area contributed by atoms with E-state index in [1.165, 1.54) is 28.4 Å². The number of likely N-dealkylation sites (tertiary alicyclic amines) is 1. The SMILES string of the molecule is CC(C)(C)c1ccc(N(C(=O)C2CC(O)CN2C#N)C(C)(C(=O)NC2CCC(F)(F)CC2)c2cnccn2)cc1. The number of alkyl halides is 2. The van der Waals surface area contributed by atoms with Gasteiger partial charge in [-0.05, 0) is 42.9 Å². The highest BCUT2D eigenvalue weighted by Crippen LogP contribution is 2.38. The number of halogens is 2. The van der Waals surface area contributed by atoms with Crippen molar-refractivity contribution in [3.63, 3.8) is 0 Å². The highest BCUT2D eigenvalue weighted by atomic mass is 19.3. The van der Waals surface area contributed by atoms with E-state index in [1.807, 2.05) is 18.3 Å². The van der Waals surface area contributed by atoms with Crippen LogP contribution in [0, 0.1) is 11.5 Å². The summed E-state index contributed by atoms with van der Waals surface area (Å²) in [6.07, 6.45) is 4.87. The number of rotatable bonds is 6. The molecule has 0 bridgehead atoms. The van der Waals surface area contributed by atoms with Crippen LogP contribution in [0.4, 0.5) is 14.5 Å². The summed E-state index contributed by atoms with van der Waals surface area (Å²) in [6.45, 7) is 7.71. The molecule has 11 heteroatoms. The van der Waals surface area contributed by atoms with Crippen LogP contribution >= 0.6 is 0 Å². The minimum atomic E-state index is -2.77. The molecule has 1 saturated carbocycles. The van der Waals surface area contributed by atoms with Gasteiger partial charge < -0.3 is 10.4 Å². The number of aliphatic hydroxyl groups is 1. The number of aliphatic hydroxyl groups excluding tert-OH is 1. The molecule has 2 heterocycles. The van der Waals surface area contributed by atoms with Gasteiger partial charge in [-0.2, -0.15) is 5.26 Å². The zero-order valence-electron chi connectivity index (χ0n) is 23.3. The Labute approximate surface area is 233 Å². The second-order valence-corrected chi connectivity index (χ2v) is 11.9. The monoisotopic (exact) mass is 554 g/mol. The summed E-state index contributed by atoms with van der Waals surface area (Å²) in [5.41, 5.74) is -0.370. The van der Waals surface area contributed by atoms with E-state index in [0.717, 1.165) is 5.56 Å². The summed E-state index contributed by atoms with van der Waals surface area (Å²) in [4.78, 5) is 39.6. The number of β-amino-alcohol motifs (C(OH)–C–C–N with tert-alkyl or cyclic N) is 1. The van der Waals surface area contributed by atoms with Crippen LogP contribution in [0.25, 0.3) is 0 Å². The van der Waals surface area contributed by atoms with E-state index in [9.17, 15) is 28.7 Å². The number of anilines is 1. The lowest BCUT2D eigenvalue weighted by molar-refractivity contribution is -0.133. The van der Waals surface area contributed by atoms with E-state index in [1.54, 1.807) is 19.1 Å². The van der Waals surface area contributed by atoms with Crippen molar-refractivity contribution in [2.75, 3.05) is 11.4 Å². The molecule has 40 heavy (non-hydrogen) atoms. The van der Waals surface area contributed by atoms with Crippen molar-refractivity contribution < 1.29 is 23.5 Å². The Hall–Kier alpha value is -3.65. The number of amides is 2. The van der Waals surface area contributed by atoms with Crippen LogP contribution in [0.2, 0.25) is 0 Å². The second kappa shape index (κ2) is 11.1. The van der Waals surface area contributed by atoms with Crippen molar-refractivity contribution in [1.82, 2.24) is 20.2 Å². The van der Waals surface area contributed by atoms with Crippen LogP contribution in [-0.4, -0.2) is 62.4 Å². The fourth-order valence-electron chi connectivity index (χ4n) is 5.42. The first kappa shape index (κ1) is 29.3. The maximum atomic E-state index is 14.3. The Kier molecular flexibility index (Phi) is 8.13. The van der Waals surface area contributed by atoms with Crippen molar-refractivity contribution >= 4 is 17.5 Å². The predicted molar refractivity (Wildman–Crippen MR) is 144 cm³/mol. The minimum Gasteiger partial charge on any atom is -0.391 e. The van der Waals surface area contributed by atoms with E-state index < -0.39 is 41.5 Å². The Bertz CT molecular complexity index is 1250. The first-order chi connectivity index (χ1) is 18.8. The fourth-order valence-corrected chi connectivity index (χ4v) is 5.42. The molecule has 1 aliphatic heterocycles. The standard InChI is InChI=1S/C29H36F2N6O3/c1-27(2,3)19-5-7-21(8-6-19)37(25(39)23-15-22(38)17-36(23)18-32)28(4,24-16-33-13-14-34-24)26(40)35-20-9-11-29(30,31)12-10-20/h5-8,13-14,16,20,22-23,38H,9-12,15,17H2,1-4H3,(H,35,40). The average Bonchev–Trinajstić information content (AvgIpc) is 3.30. The van der Waals surface area contributed by atoms with Crippen LogP contribution in [0.1, 0.15) is 71.1 Å². The molecule has 3 atom stereocenters. The Balaban J connectivity index is 1.82. The van der Waals surface area contributed by atoms with Gasteiger partial charge in [0.15, 0.2) is 11.7 Å². The lowest BCUT2D eigenvalue weighted by atomic mass is 9.86. The highest BCUT2D eigenvalue weighted by molar-refractivity contribution is 6.06. The molecule has 2 aliphatic rings. The molecule has 4 rings (SSSR count). The van der Waals surface area contributed by atoms with Gasteiger partial charge in [0.2, 0.25) is 5.92 Å². The molecule has 2 amide bonds. The largest absolute Gasteiger partial charge is 0.391 e. The van der Waals surface area contributed by atoms with Crippen molar-refractivity contribution in [2.45, 2.75) is 94.9 Å². The van der Waals surface area contributed by atoms with E-state index in [4.69, 9.17) is 0 Å². The third-order valence-electron chi connectivity index (χ3n) is 7.91. The van der Waals surface area contributed by atoms with Crippen molar-refractivity contribution in [3.8, 4) is 6.19 Å². The number of hydrogen-bond donors (Lipinski definition) is 2. The van der Waals surface area contributed by atoms with Gasteiger partial charge >= 0.3 is 0 Å². The Morgan fingerprint density at radius 1 is 1.15 bits per heavy atom. The molecular formula is C29H36F2N6O3. The van der Waals surface area contributed by atoms with Crippen LogP contribution in [-0.2, 0) is 20.5 Å². The molecular weight excluding hydrogens is 518 g/mol. The number of nitrogens with zero attached hydrogens (tertiary/aromatic N) is 5. The predicted octanol–water partition coefficient (Wildman–Crippen LogP) is 3.63. The van der Waals surface area contributed by atoms with Gasteiger partial charge in [-0.3, -0.25) is 29.4 Å². The van der Waals surface area contributed by atoms with Gasteiger partial charge in [-0.15, -0.1) is 0 Å². The molecule has 3 unspecified atom stereocenters. The molecule has 0 radical (unpaired) electrons. The van der Waals surface area contributed by atoms with Crippen molar-refractivity contribution in [2.24, 2.45) is 0 Å². The highest BCUT2D eigenvalue weighted by Gasteiger charge is 2.51. The molecule has 1 aromatic heterocycles. The average molecular weight is 555 g/mol. The van der Waals surface area contributed by atoms with Gasteiger partial charge in [-0.1, -0.05) is 32.9 Å². The third kappa shape index (κ3) is 5.92. The van der Waals surface area contributed by atoms with Crippen LogP contribution in [0.5, 0.6) is 0 Å². The lowest BCUT2D eigenvalue weighted by Gasteiger charge is -2.42. The zero-order chi connectivity index (χ0) is 29.3. The van der Waals surface area contributed by atoms with Gasteiger partial charge in [0.05, 0.1) is 24.5 Å². The maximum absolute atomic E-state index is 14.3. The minimum absolute atomic E-state index is 0.00591. The van der Waals surface area contributed by atoms with E-state index in [0.29, 0.717) is 5.69 Å². The molecule has 2 N–H and O–H groups in total. The van der Waals surface area contributed by atoms with Crippen LogP contribution in [0.3, 0.4) is 0 Å². The Morgan fingerprint density at radius 3 is 2.35 bits per heavy atom. The van der Waals surface area contributed by atoms with Gasteiger partial charge in [-0.25, -0.2) is 8.78 Å². The molecule has 1 aromatic carbocycles. The van der Waals surface area contributed by atoms with E-state index in [-0.39, 0.29) is 49.8 Å². The van der Waals surface area contributed by atoms with Crippen molar-refractivity contribution in [3.05, 3.63) is 54.1 Å². The first-order valence-corrected chi connectivity index (χ1v) is 13.5. The summed E-state index contributed by atoms with van der Waals surface area (Å²) in [5, 5.41) is 22.9. The Morgan fingerprint density at radius 2 is 1.80 bits per heavy atom. The maximum Gasteiger partial charge on any atom is 0.252 e. The first-order valence-electron chi connectivity index (χ1n) is 13.5. The number of aromatic nitrogens is 2. The third-order valence-corrected chi connectivity index (χ3v) is 7.91. The molecule has 2 aromatic rings. The van der Waals surface area contributed by atoms with E-state index in [2.05, 4.69) is 36.1 Å². The summed E-state index contributed by atoms with van der Waals surface area (Å²) in [6, 6.07) is 5.71. The summed E-state index contributed by atoms with van der Waals surface area (Å²) in [7, 11) is 0. The molecule has 2 fully saturated rings. The van der Waals surface area contributed by atoms with Crippen LogP contribution in [0.15, 0.2) is 42.9 Å². The zero-order valence-corrected chi connectivity index (χ0v) is 23.3. The van der Waals surface area contributed by atoms with E-state index >= 15 is 0 Å². The number of carbonyl (C=O) groups excluding carboxylic acids is 2. The number of benzene rings is 1. The van der Waals surface area contributed by atoms with Gasteiger partial charge in [0.25, 0.3) is 11.8 Å². The molecule has 9 nitrogen and oxygen atoms in total. The molecule has 214 valence electrons. The van der Waals surface area contributed by atoms with Crippen LogP contribution < -0.4 is 10.2 Å². The number of hydrogen-bond acceptors (Lipinski definition) is 7. The molecule has 1 saturated heterocycles. The van der Waals surface area contributed by atoms with Gasteiger partial charge in [0.1, 0.15) is 6.04 Å². The number of carbonyl (C=O) groups is 2. The van der Waals surface area contributed by atoms with Gasteiger partial charge in [0, 0.05) is 43.4 Å². The summed E-state index contributed by atoms with van der Waals surface area (Å²) in [5.74, 6) is -3.94. The normalized spacial score (nSPS) is 22.7. The van der Waals surface area contributed by atoms with Crippen molar-refractivity contribution in [1.29, 1.82) is 5.26 Å². The number of nitriles is 1. The number of nitrogens with one attached hydrogen (secondary N) is 1. The summed E-state index contributed by atoms with van der Waals surface area (Å²) < 4.78 is 27.7. The smallest absolute Gasteiger partial charge is 0.252 e. The molecule has 0 spiro atoms. The summed E-state index contributed by atoms with van der Waals surface area (Å²) >= 11 is 0. The second-order valence-electron chi connectivity index (χ2n) is 11.9. The molecule has 1 aliphatic carbocycles. The fraction of sp³-hybridized carbons (Fsp3) is 0.552. The quantitative estimate of drug-likeness (QED) is 0.523. The lowest BCUT2D eigenvalue weighted by Crippen LogP contribution is -2.62.